The first-order chi connectivity index (χ1) is 9.06. The van der Waals surface area contributed by atoms with Crippen molar-refractivity contribution in [2.45, 2.75) is 46.3 Å². The van der Waals surface area contributed by atoms with Crippen LogP contribution in [0.1, 0.15) is 42.9 Å². The number of rotatable bonds is 5. The summed E-state index contributed by atoms with van der Waals surface area (Å²) in [5.41, 5.74) is 1.64. The molecule has 2 aromatic heterocycles. The van der Waals surface area contributed by atoms with Crippen molar-refractivity contribution in [2.75, 3.05) is 0 Å². The number of aliphatic hydroxyl groups is 1. The van der Waals surface area contributed by atoms with Crippen LogP contribution in [0.25, 0.3) is 0 Å². The third kappa shape index (κ3) is 2.85. The zero-order valence-electron chi connectivity index (χ0n) is 11.5. The molecule has 0 aliphatic heterocycles. The van der Waals surface area contributed by atoms with Gasteiger partial charge in [-0.05, 0) is 26.0 Å². The molecule has 1 atom stereocenters. The largest absolute Gasteiger partial charge is 0.463 e. The molecule has 0 amide bonds. The van der Waals surface area contributed by atoms with Crippen molar-refractivity contribution in [3.05, 3.63) is 40.1 Å². The fourth-order valence-corrected chi connectivity index (χ4v) is 2.32. The molecule has 1 unspecified atom stereocenters. The van der Waals surface area contributed by atoms with Gasteiger partial charge in [0, 0.05) is 19.4 Å². The summed E-state index contributed by atoms with van der Waals surface area (Å²) in [5.74, 6) is 1.45. The number of hydrogen-bond acceptors (Lipinski definition) is 3. The number of aryl methyl sites for hydroxylation is 3. The predicted molar refractivity (Wildman–Crippen MR) is 74.4 cm³/mol. The van der Waals surface area contributed by atoms with Gasteiger partial charge in [0.05, 0.1) is 16.4 Å². The number of halogens is 1. The van der Waals surface area contributed by atoms with Gasteiger partial charge in [-0.25, -0.2) is 0 Å². The molecule has 104 valence electrons. The van der Waals surface area contributed by atoms with E-state index in [9.17, 15) is 5.11 Å². The molecule has 0 radical (unpaired) electrons. The summed E-state index contributed by atoms with van der Waals surface area (Å²) >= 11 is 6.23. The lowest BCUT2D eigenvalue weighted by atomic mass is 10.1. The molecule has 0 aliphatic rings. The van der Waals surface area contributed by atoms with Crippen LogP contribution in [0.4, 0.5) is 0 Å². The van der Waals surface area contributed by atoms with Gasteiger partial charge in [0.15, 0.2) is 0 Å². The van der Waals surface area contributed by atoms with Crippen LogP contribution in [0, 0.1) is 6.92 Å². The fourth-order valence-electron chi connectivity index (χ4n) is 2.11. The molecule has 2 heterocycles. The van der Waals surface area contributed by atoms with E-state index >= 15 is 0 Å². The highest BCUT2D eigenvalue weighted by atomic mass is 35.5. The van der Waals surface area contributed by atoms with Gasteiger partial charge in [0.2, 0.25) is 0 Å². The third-order valence-electron chi connectivity index (χ3n) is 3.20. The Hall–Kier alpha value is -1.26. The van der Waals surface area contributed by atoms with E-state index in [1.165, 1.54) is 0 Å². The summed E-state index contributed by atoms with van der Waals surface area (Å²) in [7, 11) is 0. The standard InChI is InChI=1S/C14H19ClN2O2/c1-4-10-6-7-13(19-10)12(18)8-11-14(15)9(3)16-17(11)5-2/h6-7,12,18H,4-5,8H2,1-3H3. The Morgan fingerprint density at radius 2 is 2.16 bits per heavy atom. The molecule has 0 aromatic carbocycles. The van der Waals surface area contributed by atoms with Crippen molar-refractivity contribution >= 4 is 11.6 Å². The Bertz CT molecular complexity index is 560. The van der Waals surface area contributed by atoms with Crippen molar-refractivity contribution in [2.24, 2.45) is 0 Å². The van der Waals surface area contributed by atoms with Gasteiger partial charge in [0.1, 0.15) is 17.6 Å². The van der Waals surface area contributed by atoms with Crippen LogP contribution in [-0.4, -0.2) is 14.9 Å². The van der Waals surface area contributed by atoms with Crippen LogP contribution in [0.15, 0.2) is 16.5 Å². The lowest BCUT2D eigenvalue weighted by molar-refractivity contribution is 0.146. The lowest BCUT2D eigenvalue weighted by Gasteiger charge is -2.10. The molecule has 4 nitrogen and oxygen atoms in total. The van der Waals surface area contributed by atoms with Gasteiger partial charge >= 0.3 is 0 Å². The number of hydrogen-bond donors (Lipinski definition) is 1. The van der Waals surface area contributed by atoms with E-state index in [0.29, 0.717) is 17.2 Å². The third-order valence-corrected chi connectivity index (χ3v) is 3.69. The fraction of sp³-hybridized carbons (Fsp3) is 0.500. The lowest BCUT2D eigenvalue weighted by Crippen LogP contribution is -2.08. The van der Waals surface area contributed by atoms with E-state index in [4.69, 9.17) is 16.0 Å². The van der Waals surface area contributed by atoms with E-state index in [1.807, 2.05) is 37.6 Å². The Balaban J connectivity index is 2.20. The molecule has 2 rings (SSSR count). The molecule has 2 aromatic rings. The van der Waals surface area contributed by atoms with Gasteiger partial charge in [-0.1, -0.05) is 18.5 Å². The minimum atomic E-state index is -0.695. The van der Waals surface area contributed by atoms with Crippen molar-refractivity contribution in [1.29, 1.82) is 0 Å². The van der Waals surface area contributed by atoms with Crippen LogP contribution in [0.5, 0.6) is 0 Å². The van der Waals surface area contributed by atoms with E-state index in [1.54, 1.807) is 0 Å². The summed E-state index contributed by atoms with van der Waals surface area (Å²) in [6, 6.07) is 3.71. The molecular formula is C14H19ClN2O2. The Morgan fingerprint density at radius 3 is 2.74 bits per heavy atom. The van der Waals surface area contributed by atoms with Gasteiger partial charge in [0.25, 0.3) is 0 Å². The van der Waals surface area contributed by atoms with Crippen molar-refractivity contribution in [1.82, 2.24) is 9.78 Å². The van der Waals surface area contributed by atoms with Crippen molar-refractivity contribution in [3.8, 4) is 0 Å². The Morgan fingerprint density at radius 1 is 1.42 bits per heavy atom. The van der Waals surface area contributed by atoms with E-state index in [2.05, 4.69) is 5.10 Å². The molecule has 5 heteroatoms. The second kappa shape index (κ2) is 5.80. The SMILES string of the molecule is CCc1ccc(C(O)Cc2c(Cl)c(C)nn2CC)o1. The predicted octanol–water partition coefficient (Wildman–Crippen LogP) is 3.30. The first-order valence-corrected chi connectivity index (χ1v) is 6.93. The van der Waals surface area contributed by atoms with Gasteiger partial charge in [-0.3, -0.25) is 4.68 Å². The second-order valence-corrected chi connectivity index (χ2v) is 4.92. The Kier molecular flexibility index (Phi) is 4.32. The molecule has 19 heavy (non-hydrogen) atoms. The summed E-state index contributed by atoms with van der Waals surface area (Å²) < 4.78 is 7.39. The normalized spacial score (nSPS) is 12.9. The number of aromatic nitrogens is 2. The maximum atomic E-state index is 10.2. The van der Waals surface area contributed by atoms with E-state index in [-0.39, 0.29) is 0 Å². The minimum Gasteiger partial charge on any atom is -0.463 e. The summed E-state index contributed by atoms with van der Waals surface area (Å²) in [4.78, 5) is 0. The first kappa shape index (κ1) is 14.2. The maximum absolute atomic E-state index is 10.2. The second-order valence-electron chi connectivity index (χ2n) is 4.54. The topological polar surface area (TPSA) is 51.2 Å². The van der Waals surface area contributed by atoms with Crippen LogP contribution in [0.2, 0.25) is 5.02 Å². The van der Waals surface area contributed by atoms with Gasteiger partial charge in [-0.15, -0.1) is 0 Å². The highest BCUT2D eigenvalue weighted by Crippen LogP contribution is 2.27. The quantitative estimate of drug-likeness (QED) is 0.915. The highest BCUT2D eigenvalue weighted by Gasteiger charge is 2.19. The molecule has 0 spiro atoms. The monoisotopic (exact) mass is 282 g/mol. The molecule has 0 fully saturated rings. The zero-order chi connectivity index (χ0) is 14.0. The van der Waals surface area contributed by atoms with Gasteiger partial charge in [-0.2, -0.15) is 5.10 Å². The molecule has 0 saturated carbocycles. The average Bonchev–Trinajstić information content (AvgIpc) is 2.98. The van der Waals surface area contributed by atoms with Crippen LogP contribution < -0.4 is 0 Å². The van der Waals surface area contributed by atoms with Gasteiger partial charge < -0.3 is 9.52 Å². The average molecular weight is 283 g/mol. The summed E-state index contributed by atoms with van der Waals surface area (Å²) in [5, 5.41) is 15.2. The molecule has 0 aliphatic carbocycles. The molecule has 0 bridgehead atoms. The smallest absolute Gasteiger partial charge is 0.133 e. The highest BCUT2D eigenvalue weighted by molar-refractivity contribution is 6.31. The number of nitrogens with zero attached hydrogens (tertiary/aromatic N) is 2. The number of aliphatic hydroxyl groups excluding tert-OH is 1. The minimum absolute atomic E-state index is 0.407. The van der Waals surface area contributed by atoms with Crippen LogP contribution in [-0.2, 0) is 19.4 Å². The summed E-state index contributed by atoms with van der Waals surface area (Å²) in [6.07, 6.45) is 0.531. The van der Waals surface area contributed by atoms with E-state index < -0.39 is 6.10 Å². The molecule has 0 saturated heterocycles. The van der Waals surface area contributed by atoms with Crippen molar-refractivity contribution in [3.63, 3.8) is 0 Å². The molecule has 1 N–H and O–H groups in total. The zero-order valence-corrected chi connectivity index (χ0v) is 12.2. The van der Waals surface area contributed by atoms with Crippen molar-refractivity contribution < 1.29 is 9.52 Å². The summed E-state index contributed by atoms with van der Waals surface area (Å²) in [6.45, 7) is 6.61. The van der Waals surface area contributed by atoms with Crippen LogP contribution in [0.3, 0.4) is 0 Å². The molecular weight excluding hydrogens is 264 g/mol. The van der Waals surface area contributed by atoms with E-state index in [0.717, 1.165) is 30.1 Å². The first-order valence-electron chi connectivity index (χ1n) is 6.55. The maximum Gasteiger partial charge on any atom is 0.133 e. The number of furan rings is 1. The van der Waals surface area contributed by atoms with Crippen LogP contribution >= 0.6 is 11.6 Å². The Labute approximate surface area is 118 Å².